The summed E-state index contributed by atoms with van der Waals surface area (Å²) in [6, 6.07) is 3.02. The molecule has 3 rings (SSSR count). The number of fused-ring (bicyclic) bond motifs is 3. The monoisotopic (exact) mass is 280 g/mol. The van der Waals surface area contributed by atoms with Crippen molar-refractivity contribution >= 4 is 0 Å². The van der Waals surface area contributed by atoms with Gasteiger partial charge in [0.25, 0.3) is 0 Å². The first-order valence-corrected chi connectivity index (χ1v) is 6.37. The highest BCUT2D eigenvalue weighted by Gasteiger charge is 2.28. The van der Waals surface area contributed by atoms with E-state index in [2.05, 4.69) is 0 Å². The van der Waals surface area contributed by atoms with Crippen molar-refractivity contribution in [2.75, 3.05) is 0 Å². The highest BCUT2D eigenvalue weighted by molar-refractivity contribution is 5.75. The lowest BCUT2D eigenvalue weighted by Gasteiger charge is -2.23. The Labute approximate surface area is 114 Å². The van der Waals surface area contributed by atoms with E-state index in [1.54, 1.807) is 0 Å². The van der Waals surface area contributed by atoms with Gasteiger partial charge in [-0.3, -0.25) is 0 Å². The lowest BCUT2D eigenvalue weighted by molar-refractivity contribution is 0.492. The zero-order chi connectivity index (χ0) is 14.6. The fraction of sp³-hybridized carbons (Fsp3) is 0.250. The molecule has 0 amide bonds. The molecule has 4 heteroatoms. The highest BCUT2D eigenvalue weighted by Crippen LogP contribution is 2.40. The number of hydrogen-bond donors (Lipinski definition) is 0. The van der Waals surface area contributed by atoms with Crippen molar-refractivity contribution in [3.63, 3.8) is 0 Å². The summed E-state index contributed by atoms with van der Waals surface area (Å²) in [6.07, 6.45) is 0.982. The van der Waals surface area contributed by atoms with E-state index in [-0.39, 0.29) is 22.3 Å². The Balaban J connectivity index is 2.41. The molecule has 0 unspecified atom stereocenters. The second kappa shape index (κ2) is 4.33. The maximum absolute atomic E-state index is 14.2. The van der Waals surface area contributed by atoms with Crippen LogP contribution in [0.25, 0.3) is 11.1 Å². The predicted molar refractivity (Wildman–Crippen MR) is 68.6 cm³/mol. The second-order valence-corrected chi connectivity index (χ2v) is 5.21. The third-order valence-electron chi connectivity index (χ3n) is 3.85. The van der Waals surface area contributed by atoms with Gasteiger partial charge in [-0.05, 0) is 48.9 Å². The van der Waals surface area contributed by atoms with Gasteiger partial charge in [0, 0.05) is 11.1 Å². The lowest BCUT2D eigenvalue weighted by atomic mass is 9.83. The van der Waals surface area contributed by atoms with E-state index in [1.807, 2.05) is 0 Å². The highest BCUT2D eigenvalue weighted by atomic mass is 19.2. The van der Waals surface area contributed by atoms with Crippen molar-refractivity contribution < 1.29 is 17.6 Å². The van der Waals surface area contributed by atoms with Gasteiger partial charge in [0.05, 0.1) is 0 Å². The molecule has 0 nitrogen and oxygen atoms in total. The SMILES string of the molecule is Cc1cc2c(c(F)c1F)-c1c(cc(C)c(F)c1F)CC2. The molecule has 0 saturated heterocycles. The maximum atomic E-state index is 14.2. The fourth-order valence-electron chi connectivity index (χ4n) is 2.85. The molecule has 0 saturated carbocycles. The largest absolute Gasteiger partial charge is 0.203 e. The van der Waals surface area contributed by atoms with Gasteiger partial charge < -0.3 is 0 Å². The van der Waals surface area contributed by atoms with Crippen molar-refractivity contribution in [2.45, 2.75) is 26.7 Å². The van der Waals surface area contributed by atoms with E-state index in [9.17, 15) is 17.6 Å². The number of halogens is 4. The Morgan fingerprint density at radius 3 is 1.35 bits per heavy atom. The molecule has 1 aliphatic rings. The van der Waals surface area contributed by atoms with Crippen molar-refractivity contribution in [3.8, 4) is 11.1 Å². The normalized spacial score (nSPS) is 13.1. The zero-order valence-corrected chi connectivity index (χ0v) is 11.1. The van der Waals surface area contributed by atoms with Crippen LogP contribution >= 0.6 is 0 Å². The molecule has 0 heterocycles. The van der Waals surface area contributed by atoms with Crippen molar-refractivity contribution in [1.29, 1.82) is 0 Å². The van der Waals surface area contributed by atoms with Crippen molar-refractivity contribution in [3.05, 3.63) is 57.7 Å². The van der Waals surface area contributed by atoms with Crippen LogP contribution in [0.5, 0.6) is 0 Å². The number of benzene rings is 2. The molecule has 20 heavy (non-hydrogen) atoms. The molecule has 2 aromatic rings. The van der Waals surface area contributed by atoms with Crippen LogP contribution in [0.3, 0.4) is 0 Å². The van der Waals surface area contributed by atoms with Gasteiger partial charge in [0.2, 0.25) is 0 Å². The summed E-state index contributed by atoms with van der Waals surface area (Å²) in [5.74, 6) is -4.19. The van der Waals surface area contributed by atoms with Crippen LogP contribution in [0.1, 0.15) is 22.3 Å². The van der Waals surface area contributed by atoms with E-state index in [0.717, 1.165) is 0 Å². The van der Waals surface area contributed by atoms with E-state index in [1.165, 1.54) is 26.0 Å². The Morgan fingerprint density at radius 1 is 0.650 bits per heavy atom. The maximum Gasteiger partial charge on any atom is 0.167 e. The molecule has 0 atom stereocenters. The van der Waals surface area contributed by atoms with Gasteiger partial charge >= 0.3 is 0 Å². The third-order valence-corrected chi connectivity index (χ3v) is 3.85. The summed E-state index contributed by atoms with van der Waals surface area (Å²) in [4.78, 5) is 0. The van der Waals surface area contributed by atoms with Crippen LogP contribution in [0.4, 0.5) is 17.6 Å². The van der Waals surface area contributed by atoms with E-state index < -0.39 is 23.3 Å². The summed E-state index contributed by atoms with van der Waals surface area (Å²) >= 11 is 0. The predicted octanol–water partition coefficient (Wildman–Crippen LogP) is 4.63. The Bertz CT molecular complexity index is 669. The van der Waals surface area contributed by atoms with Crippen molar-refractivity contribution in [2.24, 2.45) is 0 Å². The minimum absolute atomic E-state index is 0.134. The summed E-state index contributed by atoms with van der Waals surface area (Å²) in [7, 11) is 0. The quantitative estimate of drug-likeness (QED) is 0.617. The summed E-state index contributed by atoms with van der Waals surface area (Å²) in [6.45, 7) is 2.92. The van der Waals surface area contributed by atoms with Gasteiger partial charge in [-0.2, -0.15) is 0 Å². The van der Waals surface area contributed by atoms with Gasteiger partial charge in [-0.1, -0.05) is 12.1 Å². The van der Waals surface area contributed by atoms with Gasteiger partial charge in [0.1, 0.15) is 0 Å². The average Bonchev–Trinajstić information content (AvgIpc) is 2.42. The van der Waals surface area contributed by atoms with Crippen LogP contribution in [-0.4, -0.2) is 0 Å². The lowest BCUT2D eigenvalue weighted by Crippen LogP contribution is -2.12. The first-order chi connectivity index (χ1) is 9.41. The van der Waals surface area contributed by atoms with Crippen LogP contribution in [0.2, 0.25) is 0 Å². The molecular weight excluding hydrogens is 268 g/mol. The number of hydrogen-bond acceptors (Lipinski definition) is 0. The molecule has 0 aliphatic heterocycles. The second-order valence-electron chi connectivity index (χ2n) is 5.21. The Kier molecular flexibility index (Phi) is 2.85. The zero-order valence-electron chi connectivity index (χ0n) is 11.1. The van der Waals surface area contributed by atoms with Gasteiger partial charge in [0.15, 0.2) is 23.3 Å². The molecular formula is C16H12F4. The minimum Gasteiger partial charge on any atom is -0.203 e. The molecule has 2 aromatic carbocycles. The van der Waals surface area contributed by atoms with Crippen LogP contribution in [0, 0.1) is 37.1 Å². The van der Waals surface area contributed by atoms with Gasteiger partial charge in [-0.25, -0.2) is 17.6 Å². The molecule has 0 spiro atoms. The topological polar surface area (TPSA) is 0 Å². The molecule has 0 bridgehead atoms. The van der Waals surface area contributed by atoms with Crippen LogP contribution < -0.4 is 0 Å². The fourth-order valence-corrected chi connectivity index (χ4v) is 2.85. The molecule has 0 fully saturated rings. The average molecular weight is 280 g/mol. The first kappa shape index (κ1) is 13.2. The molecule has 0 aromatic heterocycles. The molecule has 104 valence electrons. The Morgan fingerprint density at radius 2 is 1.00 bits per heavy atom. The van der Waals surface area contributed by atoms with E-state index >= 15 is 0 Å². The molecule has 0 radical (unpaired) electrons. The summed E-state index contributed by atoms with van der Waals surface area (Å²) < 4.78 is 55.8. The molecule has 0 N–H and O–H groups in total. The van der Waals surface area contributed by atoms with Crippen LogP contribution in [0.15, 0.2) is 12.1 Å². The first-order valence-electron chi connectivity index (χ1n) is 6.37. The minimum atomic E-state index is -1.09. The van der Waals surface area contributed by atoms with Gasteiger partial charge in [-0.15, -0.1) is 0 Å². The van der Waals surface area contributed by atoms with E-state index in [0.29, 0.717) is 24.0 Å². The summed E-state index contributed by atoms with van der Waals surface area (Å²) in [5.41, 5.74) is 1.14. The standard InChI is InChI=1S/C16H12F4/c1-7-5-9-3-4-10-6-8(2)14(18)16(20)12(10)11(9)15(19)13(7)17/h5-6H,3-4H2,1-2H3. The molecule has 1 aliphatic carbocycles. The van der Waals surface area contributed by atoms with E-state index in [4.69, 9.17) is 0 Å². The summed E-state index contributed by atoms with van der Waals surface area (Å²) in [5, 5.41) is 0. The Hall–Kier alpha value is -1.84. The smallest absolute Gasteiger partial charge is 0.167 e. The van der Waals surface area contributed by atoms with Crippen LogP contribution in [-0.2, 0) is 12.8 Å². The number of aryl methyl sites for hydroxylation is 4. The van der Waals surface area contributed by atoms with Crippen molar-refractivity contribution in [1.82, 2.24) is 0 Å². The number of rotatable bonds is 0. The third kappa shape index (κ3) is 1.67.